The van der Waals surface area contributed by atoms with Gasteiger partial charge >= 0.3 is 0 Å². The molecule has 0 aliphatic heterocycles. The van der Waals surface area contributed by atoms with Crippen LogP contribution >= 0.6 is 11.3 Å². The van der Waals surface area contributed by atoms with E-state index in [1.54, 1.807) is 7.11 Å². The fraction of sp³-hybridized carbons (Fsp3) is 0.344. The molecule has 38 heavy (non-hydrogen) atoms. The van der Waals surface area contributed by atoms with Crippen molar-refractivity contribution in [3.05, 3.63) is 83.4 Å². The molecule has 1 aliphatic rings. The van der Waals surface area contributed by atoms with Gasteiger partial charge in [0.05, 0.1) is 12.0 Å². The van der Waals surface area contributed by atoms with Crippen molar-refractivity contribution in [1.29, 1.82) is 0 Å². The number of methoxy groups -OCH3 is 1. The van der Waals surface area contributed by atoms with Crippen LogP contribution < -0.4 is 15.8 Å². The lowest BCUT2D eigenvalue weighted by atomic mass is 9.92. The number of aromatic nitrogens is 1. The van der Waals surface area contributed by atoms with Crippen LogP contribution in [0.5, 0.6) is 5.75 Å². The summed E-state index contributed by atoms with van der Waals surface area (Å²) in [6, 6.07) is 19.8. The second-order valence-electron chi connectivity index (χ2n) is 9.63. The van der Waals surface area contributed by atoms with Gasteiger partial charge in [0.15, 0.2) is 0 Å². The maximum Gasteiger partial charge on any atom is 0.125 e. The second kappa shape index (κ2) is 12.9. The third kappa shape index (κ3) is 5.87. The first-order valence-corrected chi connectivity index (χ1v) is 14.2. The molecule has 0 radical (unpaired) electrons. The van der Waals surface area contributed by atoms with Crippen LogP contribution in [-0.4, -0.2) is 37.1 Å². The monoisotopic (exact) mass is 528 g/mol. The molecule has 0 bridgehead atoms. The molecule has 0 saturated heterocycles. The minimum atomic E-state index is 0.487. The van der Waals surface area contributed by atoms with Crippen molar-refractivity contribution in [2.24, 2.45) is 5.73 Å². The van der Waals surface area contributed by atoms with Gasteiger partial charge in [-0.2, -0.15) is 0 Å². The summed E-state index contributed by atoms with van der Waals surface area (Å²) >= 11 is 1.86. The minimum absolute atomic E-state index is 0.487. The molecular weight excluding hydrogens is 488 g/mol. The zero-order valence-electron chi connectivity index (χ0n) is 23.1. The number of thiophene rings is 1. The number of ether oxygens (including phenoxy) is 1. The normalized spacial score (nSPS) is 13.5. The quantitative estimate of drug-likeness (QED) is 0.245. The summed E-state index contributed by atoms with van der Waals surface area (Å²) in [7, 11) is 5.15. The Morgan fingerprint density at radius 2 is 1.82 bits per heavy atom. The van der Waals surface area contributed by atoms with Gasteiger partial charge in [-0.15, -0.1) is 11.3 Å². The van der Waals surface area contributed by atoms with E-state index in [2.05, 4.69) is 83.0 Å². The van der Waals surface area contributed by atoms with Crippen LogP contribution in [0.3, 0.4) is 0 Å². The fourth-order valence-electron chi connectivity index (χ4n) is 5.40. The Bertz CT molecular complexity index is 1360. The van der Waals surface area contributed by atoms with Gasteiger partial charge in [0.2, 0.25) is 0 Å². The maximum absolute atomic E-state index is 5.84. The number of fused-ring (bicyclic) bond motifs is 1. The lowest BCUT2D eigenvalue weighted by Crippen LogP contribution is -2.34. The smallest absolute Gasteiger partial charge is 0.125 e. The summed E-state index contributed by atoms with van der Waals surface area (Å²) in [6.07, 6.45) is 8.23. The Hall–Kier alpha value is -3.35. The highest BCUT2D eigenvalue weighted by atomic mass is 32.1. The van der Waals surface area contributed by atoms with Crippen LogP contribution in [-0.2, 0) is 6.54 Å². The van der Waals surface area contributed by atoms with Gasteiger partial charge in [-0.25, -0.2) is 4.98 Å². The first kappa shape index (κ1) is 27.7. The zero-order valence-corrected chi connectivity index (χ0v) is 23.9. The van der Waals surface area contributed by atoms with Crippen molar-refractivity contribution < 1.29 is 4.74 Å². The molecule has 0 spiro atoms. The largest absolute Gasteiger partial charge is 0.496 e. The number of hydrogen-bond acceptors (Lipinski definition) is 6. The Morgan fingerprint density at radius 1 is 1.08 bits per heavy atom. The lowest BCUT2D eigenvalue weighted by Gasteiger charge is -2.37. The van der Waals surface area contributed by atoms with E-state index in [1.807, 2.05) is 30.6 Å². The number of hydrogen-bond donors (Lipinski definition) is 2. The third-order valence-electron chi connectivity index (χ3n) is 7.44. The first-order chi connectivity index (χ1) is 18.6. The predicted molar refractivity (Wildman–Crippen MR) is 164 cm³/mol. The van der Waals surface area contributed by atoms with Gasteiger partial charge in [-0.3, -0.25) is 0 Å². The van der Waals surface area contributed by atoms with E-state index in [1.165, 1.54) is 65.2 Å². The number of pyridine rings is 1. The molecule has 1 aliphatic carbocycles. The second-order valence-corrected chi connectivity index (χ2v) is 10.7. The average molecular weight is 529 g/mol. The van der Waals surface area contributed by atoms with Gasteiger partial charge in [0.1, 0.15) is 11.6 Å². The van der Waals surface area contributed by atoms with Crippen molar-refractivity contribution in [1.82, 2.24) is 9.88 Å². The minimum Gasteiger partial charge on any atom is -0.496 e. The van der Waals surface area contributed by atoms with E-state index < -0.39 is 0 Å². The Balaban J connectivity index is 0.00000164. The Morgan fingerprint density at radius 3 is 2.47 bits per heavy atom. The molecule has 1 saturated carbocycles. The highest BCUT2D eigenvalue weighted by molar-refractivity contribution is 7.20. The molecule has 0 unspecified atom stereocenters. The van der Waals surface area contributed by atoms with Crippen molar-refractivity contribution >= 4 is 32.9 Å². The summed E-state index contributed by atoms with van der Waals surface area (Å²) in [4.78, 5) is 8.36. The number of nitrogens with zero attached hydrogens (tertiary/aromatic N) is 2. The van der Waals surface area contributed by atoms with Crippen molar-refractivity contribution in [3.8, 4) is 16.9 Å². The number of nitrogens with one attached hydrogen (secondary N) is 1. The van der Waals surface area contributed by atoms with Crippen LogP contribution in [0.4, 0.5) is 5.82 Å². The number of nitrogens with two attached hydrogens (primary N) is 1. The van der Waals surface area contributed by atoms with E-state index in [4.69, 9.17) is 4.74 Å². The van der Waals surface area contributed by atoms with Crippen molar-refractivity contribution in [2.75, 3.05) is 26.5 Å². The molecule has 5 rings (SSSR count). The molecule has 2 heterocycles. The zero-order chi connectivity index (χ0) is 27.1. The molecule has 2 aromatic heterocycles. The van der Waals surface area contributed by atoms with E-state index in [0.717, 1.165) is 34.9 Å². The van der Waals surface area contributed by atoms with Crippen LogP contribution in [0.15, 0.2) is 67.4 Å². The standard InChI is InChI=1S/C31H35N3OS.CH5N/c1-21-27-12-8-9-13-29(27)36-31(21)22(2)34(26-10-6-5-7-11-26)20-25-18-23(14-16-28(25)35-4)24-15-17-30(32-3)33-19-24;1-2/h8-9,12-19,26H,2,5-7,10-11,20H2,1,3-4H3,(H,32,33);2H2,1H3. The third-order valence-corrected chi connectivity index (χ3v) is 8.76. The Kier molecular flexibility index (Phi) is 9.43. The summed E-state index contributed by atoms with van der Waals surface area (Å²) in [5.74, 6) is 1.78. The van der Waals surface area contributed by atoms with Crippen molar-refractivity contribution in [2.45, 2.75) is 51.6 Å². The van der Waals surface area contributed by atoms with Gasteiger partial charge in [0, 0.05) is 47.4 Å². The molecule has 3 N–H and O–H groups in total. The number of anilines is 1. The molecule has 1 fully saturated rings. The maximum atomic E-state index is 5.84. The fourth-order valence-corrected chi connectivity index (χ4v) is 6.59. The van der Waals surface area contributed by atoms with Crippen molar-refractivity contribution in [3.63, 3.8) is 0 Å². The molecule has 0 atom stereocenters. The lowest BCUT2D eigenvalue weighted by molar-refractivity contribution is 0.223. The molecule has 200 valence electrons. The van der Waals surface area contributed by atoms with E-state index in [-0.39, 0.29) is 0 Å². The first-order valence-electron chi connectivity index (χ1n) is 13.4. The van der Waals surface area contributed by atoms with Gasteiger partial charge in [-0.05, 0) is 73.7 Å². The molecule has 5 nitrogen and oxygen atoms in total. The summed E-state index contributed by atoms with van der Waals surface area (Å²) < 4.78 is 7.16. The molecular formula is C32H40N4OS. The van der Waals surface area contributed by atoms with Crippen LogP contribution in [0.2, 0.25) is 0 Å². The van der Waals surface area contributed by atoms with Gasteiger partial charge in [0.25, 0.3) is 0 Å². The van der Waals surface area contributed by atoms with Gasteiger partial charge in [-0.1, -0.05) is 50.1 Å². The van der Waals surface area contributed by atoms with E-state index in [0.29, 0.717) is 6.04 Å². The van der Waals surface area contributed by atoms with E-state index >= 15 is 0 Å². The molecule has 6 heteroatoms. The summed E-state index contributed by atoms with van der Waals surface area (Å²) in [6.45, 7) is 7.70. The molecule has 0 amide bonds. The van der Waals surface area contributed by atoms with Gasteiger partial charge < -0.3 is 20.7 Å². The van der Waals surface area contributed by atoms with Crippen LogP contribution in [0, 0.1) is 6.92 Å². The molecule has 2 aromatic carbocycles. The number of rotatable bonds is 8. The number of aryl methyl sites for hydroxylation is 1. The summed E-state index contributed by atoms with van der Waals surface area (Å²) in [5, 5.41) is 4.43. The topological polar surface area (TPSA) is 63.4 Å². The predicted octanol–water partition coefficient (Wildman–Crippen LogP) is 7.70. The Labute approximate surface area is 231 Å². The number of benzene rings is 2. The highest BCUT2D eigenvalue weighted by Crippen LogP contribution is 2.40. The summed E-state index contributed by atoms with van der Waals surface area (Å²) in [5.41, 5.74) is 10.4. The van der Waals surface area contributed by atoms with Crippen LogP contribution in [0.25, 0.3) is 26.9 Å². The SMILES string of the molecule is C=C(c1sc2ccccc2c1C)N(Cc1cc(-c2ccc(NC)nc2)ccc1OC)C1CCCCC1.CN. The average Bonchev–Trinajstić information content (AvgIpc) is 3.33. The van der Waals surface area contributed by atoms with Crippen LogP contribution in [0.1, 0.15) is 48.1 Å². The molecule has 4 aromatic rings. The highest BCUT2D eigenvalue weighted by Gasteiger charge is 2.26. The van der Waals surface area contributed by atoms with E-state index in [9.17, 15) is 0 Å².